The quantitative estimate of drug-likeness (QED) is 0.304. The first-order valence-electron chi connectivity index (χ1n) is 13.2. The van der Waals surface area contributed by atoms with E-state index in [1.54, 1.807) is 35.2 Å². The second-order valence-electron chi connectivity index (χ2n) is 9.60. The topological polar surface area (TPSA) is 103 Å². The van der Waals surface area contributed by atoms with E-state index in [-0.39, 0.29) is 24.0 Å². The Morgan fingerprint density at radius 2 is 1.76 bits per heavy atom. The Labute approximate surface area is 256 Å². The predicted octanol–water partition coefficient (Wildman–Crippen LogP) is 5.29. The lowest BCUT2D eigenvalue weighted by atomic mass is 10.1. The van der Waals surface area contributed by atoms with Gasteiger partial charge in [0.1, 0.15) is 13.2 Å². The zero-order valence-electron chi connectivity index (χ0n) is 22.8. The van der Waals surface area contributed by atoms with Gasteiger partial charge in [0.2, 0.25) is 5.91 Å². The Hall–Kier alpha value is -4.27. The number of carbonyl (C=O) groups is 3. The summed E-state index contributed by atoms with van der Waals surface area (Å²) in [5, 5.41) is 8.50. The summed E-state index contributed by atoms with van der Waals surface area (Å²) in [5.74, 6) is 0.162. The van der Waals surface area contributed by atoms with E-state index >= 15 is 0 Å². The van der Waals surface area contributed by atoms with Crippen LogP contribution in [0.3, 0.4) is 0 Å². The van der Waals surface area contributed by atoms with Crippen molar-refractivity contribution in [1.82, 2.24) is 9.80 Å². The second-order valence-corrected chi connectivity index (χ2v) is 11.5. The fraction of sp³-hybridized carbons (Fsp3) is 0.226. The molecule has 0 saturated carbocycles. The minimum absolute atomic E-state index is 0.224. The van der Waals surface area contributed by atoms with Gasteiger partial charge >= 0.3 is 0 Å². The highest BCUT2D eigenvalue weighted by molar-refractivity contribution is 9.10. The van der Waals surface area contributed by atoms with Gasteiger partial charge < -0.3 is 19.3 Å². The molecule has 0 N–H and O–H groups in total. The molecule has 0 unspecified atom stereocenters. The predicted molar refractivity (Wildman–Crippen MR) is 164 cm³/mol. The molecule has 2 aliphatic heterocycles. The summed E-state index contributed by atoms with van der Waals surface area (Å²) in [6.45, 7) is 2.38. The van der Waals surface area contributed by atoms with Crippen LogP contribution in [0.1, 0.15) is 16.7 Å². The fourth-order valence-electron chi connectivity index (χ4n) is 4.67. The van der Waals surface area contributed by atoms with Crippen molar-refractivity contribution < 1.29 is 23.9 Å². The van der Waals surface area contributed by atoms with Crippen molar-refractivity contribution in [3.63, 3.8) is 0 Å². The van der Waals surface area contributed by atoms with Crippen LogP contribution in [0.2, 0.25) is 0 Å². The lowest BCUT2D eigenvalue weighted by Crippen LogP contribution is -2.51. The van der Waals surface area contributed by atoms with Gasteiger partial charge in [-0.3, -0.25) is 19.3 Å². The van der Waals surface area contributed by atoms with E-state index in [2.05, 4.69) is 26.9 Å². The SMILES string of the molecule is COc1cc(/C=C2/SC(=O)N(CC(=O)N3CCN(c4ccccc4)CC3)C2=O)cc(Br)c1OCc1ccc(C#N)cc1. The van der Waals surface area contributed by atoms with E-state index in [0.717, 1.165) is 27.9 Å². The molecule has 3 aromatic rings. The van der Waals surface area contributed by atoms with Crippen LogP contribution in [-0.2, 0) is 16.2 Å². The molecule has 2 aliphatic rings. The number of methoxy groups -OCH3 is 1. The molecule has 3 aromatic carbocycles. The number of thioether (sulfide) groups is 1. The summed E-state index contributed by atoms with van der Waals surface area (Å²) in [4.78, 5) is 44.0. The zero-order valence-corrected chi connectivity index (χ0v) is 25.2. The van der Waals surface area contributed by atoms with Crippen LogP contribution in [0.4, 0.5) is 10.5 Å². The maximum atomic E-state index is 13.1. The number of imide groups is 1. The number of carbonyl (C=O) groups excluding carboxylic acids is 3. The number of benzene rings is 3. The van der Waals surface area contributed by atoms with Gasteiger partial charge in [-0.25, -0.2) is 0 Å². The summed E-state index contributed by atoms with van der Waals surface area (Å²) in [5.41, 5.74) is 3.18. The van der Waals surface area contributed by atoms with Gasteiger partial charge in [0.15, 0.2) is 11.5 Å². The smallest absolute Gasteiger partial charge is 0.294 e. The van der Waals surface area contributed by atoms with Crippen LogP contribution in [0.5, 0.6) is 11.5 Å². The van der Waals surface area contributed by atoms with Gasteiger partial charge in [-0.2, -0.15) is 5.26 Å². The Morgan fingerprint density at radius 1 is 1.05 bits per heavy atom. The second kappa shape index (κ2) is 13.1. The molecule has 0 spiro atoms. The number of rotatable bonds is 8. The molecule has 2 heterocycles. The molecule has 2 fully saturated rings. The van der Waals surface area contributed by atoms with E-state index in [4.69, 9.17) is 14.7 Å². The van der Waals surface area contributed by atoms with E-state index < -0.39 is 11.1 Å². The summed E-state index contributed by atoms with van der Waals surface area (Å²) in [7, 11) is 1.51. The Bertz CT molecular complexity index is 1560. The minimum atomic E-state index is -0.502. The number of nitrogens with zero attached hydrogens (tertiary/aromatic N) is 4. The number of anilines is 1. The molecule has 3 amide bonds. The highest BCUT2D eigenvalue weighted by atomic mass is 79.9. The normalized spacial score (nSPS) is 16.1. The molecule has 42 heavy (non-hydrogen) atoms. The molecule has 0 aliphatic carbocycles. The molecule has 9 nitrogen and oxygen atoms in total. The first-order chi connectivity index (χ1) is 20.4. The number of ether oxygens (including phenoxy) is 2. The van der Waals surface area contributed by atoms with Gasteiger partial charge in [-0.15, -0.1) is 0 Å². The first kappa shape index (κ1) is 29.2. The van der Waals surface area contributed by atoms with Gasteiger partial charge in [-0.05, 0) is 81.3 Å². The van der Waals surface area contributed by atoms with Crippen molar-refractivity contribution in [2.24, 2.45) is 0 Å². The lowest BCUT2D eigenvalue weighted by molar-refractivity contribution is -0.136. The molecule has 214 valence electrons. The summed E-state index contributed by atoms with van der Waals surface area (Å²) < 4.78 is 12.1. The van der Waals surface area contributed by atoms with Crippen LogP contribution in [-0.4, -0.2) is 66.7 Å². The summed E-state index contributed by atoms with van der Waals surface area (Å²) in [6, 6.07) is 22.7. The number of piperazine rings is 1. The van der Waals surface area contributed by atoms with Crippen LogP contribution in [0.25, 0.3) is 6.08 Å². The van der Waals surface area contributed by atoms with E-state index in [1.165, 1.54) is 7.11 Å². The molecule has 5 rings (SSSR count). The van der Waals surface area contributed by atoms with Crippen LogP contribution >= 0.6 is 27.7 Å². The largest absolute Gasteiger partial charge is 0.493 e. The van der Waals surface area contributed by atoms with Gasteiger partial charge in [0, 0.05) is 31.9 Å². The summed E-state index contributed by atoms with van der Waals surface area (Å²) in [6.07, 6.45) is 1.60. The molecular formula is C31H27BrN4O5S. The number of nitriles is 1. The van der Waals surface area contributed by atoms with Crippen molar-refractivity contribution in [2.45, 2.75) is 6.61 Å². The van der Waals surface area contributed by atoms with Crippen molar-refractivity contribution in [3.8, 4) is 17.6 Å². The maximum absolute atomic E-state index is 13.1. The molecule has 0 bridgehead atoms. The molecule has 0 atom stereocenters. The lowest BCUT2D eigenvalue weighted by Gasteiger charge is -2.36. The average molecular weight is 648 g/mol. The minimum Gasteiger partial charge on any atom is -0.493 e. The number of hydrogen-bond donors (Lipinski definition) is 0. The van der Waals surface area contributed by atoms with E-state index in [1.807, 2.05) is 42.5 Å². The highest BCUT2D eigenvalue weighted by Crippen LogP contribution is 2.39. The average Bonchev–Trinajstić information content (AvgIpc) is 3.28. The van der Waals surface area contributed by atoms with Crippen molar-refractivity contribution >= 4 is 56.5 Å². The Morgan fingerprint density at radius 3 is 2.43 bits per heavy atom. The molecule has 11 heteroatoms. The molecular weight excluding hydrogens is 620 g/mol. The number of para-hydroxylation sites is 1. The van der Waals surface area contributed by atoms with Gasteiger partial charge in [0.05, 0.1) is 28.1 Å². The number of halogens is 1. The third-order valence-corrected chi connectivity index (χ3v) is 8.43. The van der Waals surface area contributed by atoms with Crippen LogP contribution < -0.4 is 14.4 Å². The van der Waals surface area contributed by atoms with Crippen molar-refractivity contribution in [3.05, 3.63) is 92.8 Å². The first-order valence-corrected chi connectivity index (χ1v) is 14.8. The Kier molecular flexibility index (Phi) is 9.15. The maximum Gasteiger partial charge on any atom is 0.294 e. The zero-order chi connectivity index (χ0) is 29.6. The van der Waals surface area contributed by atoms with Crippen LogP contribution in [0.15, 0.2) is 76.1 Å². The van der Waals surface area contributed by atoms with E-state index in [9.17, 15) is 14.4 Å². The van der Waals surface area contributed by atoms with Gasteiger partial charge in [0.25, 0.3) is 11.1 Å². The third kappa shape index (κ3) is 6.61. The summed E-state index contributed by atoms with van der Waals surface area (Å²) >= 11 is 4.33. The van der Waals surface area contributed by atoms with Gasteiger partial charge in [-0.1, -0.05) is 30.3 Å². The Balaban J connectivity index is 1.22. The van der Waals surface area contributed by atoms with Crippen molar-refractivity contribution in [2.75, 3.05) is 44.7 Å². The standard InChI is InChI=1S/C31H27BrN4O5S/c1-40-26-16-23(15-25(32)29(26)41-20-22-9-7-21(18-33)8-10-22)17-27-30(38)36(31(39)42-27)19-28(37)35-13-11-34(12-14-35)24-5-3-2-4-6-24/h2-10,15-17H,11-14,19-20H2,1H3/b27-17+. The highest BCUT2D eigenvalue weighted by Gasteiger charge is 2.37. The van der Waals surface area contributed by atoms with Crippen LogP contribution in [0, 0.1) is 11.3 Å². The van der Waals surface area contributed by atoms with E-state index in [0.29, 0.717) is 53.3 Å². The molecule has 0 radical (unpaired) electrons. The molecule has 2 saturated heterocycles. The number of hydrogen-bond acceptors (Lipinski definition) is 8. The fourth-order valence-corrected chi connectivity index (χ4v) is 6.08. The number of amides is 3. The van der Waals surface area contributed by atoms with Crippen molar-refractivity contribution in [1.29, 1.82) is 5.26 Å². The molecule has 0 aromatic heterocycles. The third-order valence-electron chi connectivity index (χ3n) is 6.94. The monoisotopic (exact) mass is 646 g/mol.